The van der Waals surface area contributed by atoms with Crippen LogP contribution in [-0.4, -0.2) is 29.5 Å². The van der Waals surface area contributed by atoms with Gasteiger partial charge in [-0.25, -0.2) is 9.97 Å². The number of rotatable bonds is 1. The van der Waals surface area contributed by atoms with Gasteiger partial charge < -0.3 is 10.7 Å². The second-order valence-corrected chi connectivity index (χ2v) is 5.15. The lowest BCUT2D eigenvalue weighted by atomic mass is 10.2. The Bertz CT molecular complexity index is 939. The van der Waals surface area contributed by atoms with Gasteiger partial charge in [0.25, 0.3) is 0 Å². The molecule has 0 bridgehead atoms. The number of anilines is 1. The third-order valence-corrected chi connectivity index (χ3v) is 3.78. The fourth-order valence-corrected chi connectivity index (χ4v) is 2.47. The predicted molar refractivity (Wildman–Crippen MR) is 78.0 cm³/mol. The fraction of sp³-hybridized carbons (Fsp3) is 0. The molecule has 3 N–H and O–H groups in total. The van der Waals surface area contributed by atoms with E-state index in [4.69, 9.17) is 5.73 Å². The van der Waals surface area contributed by atoms with Crippen LogP contribution in [0, 0.1) is 0 Å². The maximum absolute atomic E-state index is 5.80. The van der Waals surface area contributed by atoms with E-state index in [1.807, 2.05) is 22.6 Å². The third kappa shape index (κ3) is 1.51. The molecular weight excluding hydrogens is 322 g/mol. The molecule has 1 aromatic carbocycles. The number of aromatic amines is 1. The summed E-state index contributed by atoms with van der Waals surface area (Å²) >= 11 is 3.42. The number of hydrogen-bond donors (Lipinski definition) is 2. The van der Waals surface area contributed by atoms with Gasteiger partial charge in [0.15, 0.2) is 17.1 Å². The van der Waals surface area contributed by atoms with Crippen LogP contribution in [0.1, 0.15) is 0 Å². The van der Waals surface area contributed by atoms with Gasteiger partial charge in [-0.1, -0.05) is 0 Å². The van der Waals surface area contributed by atoms with Crippen molar-refractivity contribution in [1.29, 1.82) is 0 Å². The van der Waals surface area contributed by atoms with Crippen molar-refractivity contribution >= 4 is 38.4 Å². The zero-order valence-electron chi connectivity index (χ0n) is 10.1. The van der Waals surface area contributed by atoms with Crippen LogP contribution in [0.3, 0.4) is 0 Å². The number of nitrogens with one attached hydrogen (secondary N) is 1. The molecule has 3 heterocycles. The van der Waals surface area contributed by atoms with E-state index in [1.165, 1.54) is 0 Å². The molecular formula is C12H8BrN7. The highest BCUT2D eigenvalue weighted by Crippen LogP contribution is 2.27. The van der Waals surface area contributed by atoms with E-state index < -0.39 is 0 Å². The topological polar surface area (TPSA) is 97.8 Å². The van der Waals surface area contributed by atoms with E-state index in [-0.39, 0.29) is 0 Å². The zero-order chi connectivity index (χ0) is 13.7. The largest absolute Gasteiger partial charge is 0.398 e. The van der Waals surface area contributed by atoms with Crippen LogP contribution in [0.2, 0.25) is 0 Å². The van der Waals surface area contributed by atoms with Gasteiger partial charge in [0.2, 0.25) is 0 Å². The molecule has 20 heavy (non-hydrogen) atoms. The number of halogens is 1. The normalized spacial score (nSPS) is 11.4. The number of nitrogens with zero attached hydrogens (tertiary/aromatic N) is 5. The van der Waals surface area contributed by atoms with E-state index in [2.05, 4.69) is 41.1 Å². The maximum atomic E-state index is 5.80. The van der Waals surface area contributed by atoms with Crippen molar-refractivity contribution < 1.29 is 0 Å². The third-order valence-electron chi connectivity index (χ3n) is 3.09. The summed E-state index contributed by atoms with van der Waals surface area (Å²) in [6.45, 7) is 0. The number of nitrogen functional groups attached to an aromatic ring is 1. The molecule has 0 aliphatic carbocycles. The van der Waals surface area contributed by atoms with Crippen LogP contribution >= 0.6 is 15.9 Å². The number of hydrogen-bond acceptors (Lipinski definition) is 5. The minimum absolute atomic E-state index is 0.620. The molecule has 4 rings (SSSR count). The lowest BCUT2D eigenvalue weighted by molar-refractivity contribution is 1.09. The van der Waals surface area contributed by atoms with Gasteiger partial charge in [0.1, 0.15) is 11.8 Å². The first-order valence-corrected chi connectivity index (χ1v) is 6.61. The Morgan fingerprint density at radius 3 is 2.95 bits per heavy atom. The monoisotopic (exact) mass is 329 g/mol. The molecule has 0 aliphatic heterocycles. The molecule has 98 valence electrons. The molecule has 0 amide bonds. The number of benzene rings is 1. The highest BCUT2D eigenvalue weighted by molar-refractivity contribution is 9.10. The van der Waals surface area contributed by atoms with Crippen molar-refractivity contribution in [2.24, 2.45) is 0 Å². The van der Waals surface area contributed by atoms with Crippen LogP contribution < -0.4 is 5.73 Å². The first-order chi connectivity index (χ1) is 9.74. The Kier molecular flexibility index (Phi) is 2.27. The van der Waals surface area contributed by atoms with E-state index in [0.29, 0.717) is 22.8 Å². The summed E-state index contributed by atoms with van der Waals surface area (Å²) in [5.74, 6) is 0.699. The SMILES string of the molecule is Nc1ccc(-c2nnc3c4[nH]cnc4ncn23)cc1Br. The summed E-state index contributed by atoms with van der Waals surface area (Å²) in [4.78, 5) is 11.4. The molecule has 7 nitrogen and oxygen atoms in total. The molecule has 0 radical (unpaired) electrons. The summed E-state index contributed by atoms with van der Waals surface area (Å²) in [5, 5.41) is 8.43. The molecule has 0 saturated carbocycles. The first-order valence-electron chi connectivity index (χ1n) is 5.82. The summed E-state index contributed by atoms with van der Waals surface area (Å²) < 4.78 is 2.64. The zero-order valence-corrected chi connectivity index (χ0v) is 11.7. The van der Waals surface area contributed by atoms with Crippen molar-refractivity contribution in [3.63, 3.8) is 0 Å². The van der Waals surface area contributed by atoms with Gasteiger partial charge in [0, 0.05) is 15.7 Å². The number of aromatic nitrogens is 6. The molecule has 8 heteroatoms. The summed E-state index contributed by atoms with van der Waals surface area (Å²) in [5.41, 5.74) is 9.45. The number of H-pyrrole nitrogens is 1. The van der Waals surface area contributed by atoms with Gasteiger partial charge >= 0.3 is 0 Å². The van der Waals surface area contributed by atoms with Crippen LogP contribution in [0.15, 0.2) is 35.3 Å². The van der Waals surface area contributed by atoms with E-state index in [9.17, 15) is 0 Å². The summed E-state index contributed by atoms with van der Waals surface area (Å²) in [7, 11) is 0. The van der Waals surface area contributed by atoms with Crippen molar-refractivity contribution in [1.82, 2.24) is 29.5 Å². The minimum atomic E-state index is 0.620. The maximum Gasteiger partial charge on any atom is 0.190 e. The molecule has 0 aliphatic rings. The Balaban J connectivity index is 2.02. The Labute approximate surface area is 121 Å². The Morgan fingerprint density at radius 1 is 1.20 bits per heavy atom. The average Bonchev–Trinajstić information content (AvgIpc) is 3.06. The smallest absolute Gasteiger partial charge is 0.190 e. The molecule has 0 fully saturated rings. The van der Waals surface area contributed by atoms with Crippen molar-refractivity contribution in [3.05, 3.63) is 35.3 Å². The summed E-state index contributed by atoms with van der Waals surface area (Å²) in [6, 6.07) is 5.62. The predicted octanol–water partition coefficient (Wildman–Crippen LogP) is 2.01. The molecule has 0 saturated heterocycles. The second kappa shape index (κ2) is 4.01. The lowest BCUT2D eigenvalue weighted by Gasteiger charge is -2.02. The summed E-state index contributed by atoms with van der Waals surface area (Å²) in [6.07, 6.45) is 3.25. The van der Waals surface area contributed by atoms with Gasteiger partial charge in [-0.2, -0.15) is 0 Å². The van der Waals surface area contributed by atoms with E-state index in [1.54, 1.807) is 12.7 Å². The van der Waals surface area contributed by atoms with Crippen molar-refractivity contribution in [3.8, 4) is 11.4 Å². The van der Waals surface area contributed by atoms with Gasteiger partial charge in [-0.15, -0.1) is 10.2 Å². The van der Waals surface area contributed by atoms with Crippen molar-refractivity contribution in [2.75, 3.05) is 5.73 Å². The Morgan fingerprint density at radius 2 is 2.10 bits per heavy atom. The quantitative estimate of drug-likeness (QED) is 0.520. The minimum Gasteiger partial charge on any atom is -0.398 e. The molecule has 0 unspecified atom stereocenters. The highest BCUT2D eigenvalue weighted by atomic mass is 79.9. The van der Waals surface area contributed by atoms with Crippen molar-refractivity contribution in [2.45, 2.75) is 0 Å². The Hall–Kier alpha value is -2.48. The van der Waals surface area contributed by atoms with E-state index in [0.717, 1.165) is 15.6 Å². The molecule has 4 aromatic rings. The van der Waals surface area contributed by atoms with Crippen LogP contribution in [0.25, 0.3) is 28.2 Å². The standard InChI is InChI=1S/C12H8BrN7/c13-7-3-6(1-2-8(7)14)11-18-19-12-9-10(16-4-15-9)17-5-20(11)12/h1-5H,14H2,(H,15,16). The van der Waals surface area contributed by atoms with Gasteiger partial charge in [-0.3, -0.25) is 4.40 Å². The number of nitrogens with two attached hydrogens (primary N) is 1. The second-order valence-electron chi connectivity index (χ2n) is 4.30. The van der Waals surface area contributed by atoms with Crippen LogP contribution in [0.4, 0.5) is 5.69 Å². The highest BCUT2D eigenvalue weighted by Gasteiger charge is 2.13. The average molecular weight is 330 g/mol. The van der Waals surface area contributed by atoms with Crippen LogP contribution in [-0.2, 0) is 0 Å². The number of fused-ring (bicyclic) bond motifs is 3. The van der Waals surface area contributed by atoms with Gasteiger partial charge in [0.05, 0.1) is 6.33 Å². The van der Waals surface area contributed by atoms with E-state index >= 15 is 0 Å². The lowest BCUT2D eigenvalue weighted by Crippen LogP contribution is -1.93. The molecule has 0 spiro atoms. The first kappa shape index (κ1) is 11.4. The molecule has 0 atom stereocenters. The molecule has 3 aromatic heterocycles. The fourth-order valence-electron chi connectivity index (χ4n) is 2.10. The number of imidazole rings is 1. The van der Waals surface area contributed by atoms with Gasteiger partial charge in [-0.05, 0) is 34.1 Å². The van der Waals surface area contributed by atoms with Crippen LogP contribution in [0.5, 0.6) is 0 Å².